The van der Waals surface area contributed by atoms with E-state index in [0.717, 1.165) is 0 Å². The number of aromatic hydroxyl groups is 1. The highest BCUT2D eigenvalue weighted by molar-refractivity contribution is 14.1. The first-order valence-corrected chi connectivity index (χ1v) is 8.01. The van der Waals surface area contributed by atoms with Crippen LogP contribution in [0.15, 0.2) is 46.0 Å². The van der Waals surface area contributed by atoms with Crippen molar-refractivity contribution < 1.29 is 14.8 Å². The van der Waals surface area contributed by atoms with Crippen LogP contribution in [0.4, 0.5) is 5.69 Å². The molecule has 0 aliphatic carbocycles. The zero-order chi connectivity index (χ0) is 17.0. The van der Waals surface area contributed by atoms with Crippen molar-refractivity contribution in [3.63, 3.8) is 0 Å². The Morgan fingerprint density at radius 1 is 1.35 bits per heavy atom. The third kappa shape index (κ3) is 4.48. The van der Waals surface area contributed by atoms with Crippen LogP contribution in [0.3, 0.4) is 0 Å². The Morgan fingerprint density at radius 2 is 2.00 bits per heavy atom. The number of halogens is 2. The van der Waals surface area contributed by atoms with Crippen LogP contribution in [0.25, 0.3) is 0 Å². The number of phenolic OH excluding ortho intramolecular Hbond substituents is 1. The number of amides is 1. The lowest BCUT2D eigenvalue weighted by molar-refractivity contribution is -0.384. The van der Waals surface area contributed by atoms with Crippen LogP contribution < -0.4 is 5.43 Å². The highest BCUT2D eigenvalue weighted by Crippen LogP contribution is 2.29. The lowest BCUT2D eigenvalue weighted by atomic mass is 10.2. The molecular weight excluding hydrogens is 481 g/mol. The first-order valence-electron chi connectivity index (χ1n) is 6.14. The highest BCUT2D eigenvalue weighted by atomic mass is 127. The molecule has 0 spiro atoms. The van der Waals surface area contributed by atoms with Gasteiger partial charge in [0.25, 0.3) is 11.6 Å². The number of non-ortho nitro benzene ring substituents is 1. The number of nitro benzene ring substituents is 1. The quantitative estimate of drug-likeness (QED) is 0.297. The average molecular weight is 490 g/mol. The molecule has 7 nitrogen and oxygen atoms in total. The Hall–Kier alpha value is -2.01. The van der Waals surface area contributed by atoms with Gasteiger partial charge in [0, 0.05) is 17.7 Å². The second-order valence-electron chi connectivity index (χ2n) is 4.34. The topological polar surface area (TPSA) is 105 Å². The smallest absolute Gasteiger partial charge is 0.271 e. The predicted octanol–water partition coefficient (Wildman–Crippen LogP) is 3.43. The normalized spacial score (nSPS) is 10.7. The molecule has 2 N–H and O–H groups in total. The number of carbonyl (C=O) groups is 1. The Morgan fingerprint density at radius 3 is 2.57 bits per heavy atom. The summed E-state index contributed by atoms with van der Waals surface area (Å²) in [5.41, 5.74) is 3.18. The van der Waals surface area contributed by atoms with Gasteiger partial charge >= 0.3 is 0 Å². The molecule has 118 valence electrons. The zero-order valence-corrected chi connectivity index (χ0v) is 15.1. The molecule has 0 aliphatic heterocycles. The van der Waals surface area contributed by atoms with Crippen LogP contribution in [0, 0.1) is 13.7 Å². The molecule has 0 unspecified atom stereocenters. The van der Waals surface area contributed by atoms with Crippen LogP contribution in [0.5, 0.6) is 5.75 Å². The van der Waals surface area contributed by atoms with Gasteiger partial charge in [-0.2, -0.15) is 5.10 Å². The van der Waals surface area contributed by atoms with E-state index in [1.54, 1.807) is 12.1 Å². The largest absolute Gasteiger partial charge is 0.506 e. The number of hydrogen-bond acceptors (Lipinski definition) is 5. The Bertz CT molecular complexity index is 770. The summed E-state index contributed by atoms with van der Waals surface area (Å²) in [6, 6.07) is 8.55. The number of hydrazone groups is 1. The maximum Gasteiger partial charge on any atom is 0.271 e. The highest BCUT2D eigenvalue weighted by Gasteiger charge is 2.09. The fourth-order valence-electron chi connectivity index (χ4n) is 1.62. The van der Waals surface area contributed by atoms with Gasteiger partial charge < -0.3 is 5.11 Å². The van der Waals surface area contributed by atoms with Crippen molar-refractivity contribution in [1.82, 2.24) is 5.43 Å². The average Bonchev–Trinajstić information content (AvgIpc) is 2.52. The van der Waals surface area contributed by atoms with Crippen LogP contribution in [0.2, 0.25) is 0 Å². The molecule has 0 aliphatic rings. The maximum absolute atomic E-state index is 11.9. The molecule has 0 saturated carbocycles. The molecule has 1 amide bonds. The minimum absolute atomic E-state index is 0.0893. The van der Waals surface area contributed by atoms with E-state index in [2.05, 4.69) is 26.5 Å². The SMILES string of the molecule is O=C(N/N=C\c1cc(Br)c(O)c(I)c1)c1ccc([N+](=O)[O-])cc1. The summed E-state index contributed by atoms with van der Waals surface area (Å²) in [6.45, 7) is 0. The van der Waals surface area contributed by atoms with Gasteiger partial charge in [0.1, 0.15) is 5.75 Å². The Labute approximate surface area is 152 Å². The number of nitrogens with one attached hydrogen (secondary N) is 1. The lowest BCUT2D eigenvalue weighted by Gasteiger charge is -2.02. The molecular formula is C14H9BrIN3O4. The summed E-state index contributed by atoms with van der Waals surface area (Å²) in [5, 5.41) is 24.0. The molecule has 0 fully saturated rings. The number of carbonyl (C=O) groups excluding carboxylic acids is 1. The van der Waals surface area contributed by atoms with E-state index in [9.17, 15) is 20.0 Å². The molecule has 23 heavy (non-hydrogen) atoms. The van der Waals surface area contributed by atoms with Crippen molar-refractivity contribution in [2.75, 3.05) is 0 Å². The third-order valence-electron chi connectivity index (χ3n) is 2.76. The lowest BCUT2D eigenvalue weighted by Crippen LogP contribution is -2.17. The summed E-state index contributed by atoms with van der Waals surface area (Å²) in [7, 11) is 0. The number of phenols is 1. The van der Waals surface area contributed by atoms with E-state index in [-0.39, 0.29) is 17.0 Å². The summed E-state index contributed by atoms with van der Waals surface area (Å²) >= 11 is 5.19. The Balaban J connectivity index is 2.05. The van der Waals surface area contributed by atoms with Gasteiger partial charge in [0.2, 0.25) is 0 Å². The predicted molar refractivity (Wildman–Crippen MR) is 96.7 cm³/mol. The minimum Gasteiger partial charge on any atom is -0.506 e. The van der Waals surface area contributed by atoms with Crippen LogP contribution >= 0.6 is 38.5 Å². The minimum atomic E-state index is -0.538. The van der Waals surface area contributed by atoms with E-state index in [1.807, 2.05) is 22.6 Å². The van der Waals surface area contributed by atoms with Crippen molar-refractivity contribution in [3.05, 3.63) is 65.7 Å². The van der Waals surface area contributed by atoms with Gasteiger partial charge in [-0.1, -0.05) is 0 Å². The van der Waals surface area contributed by atoms with Gasteiger partial charge in [-0.25, -0.2) is 5.43 Å². The second kappa shape index (κ2) is 7.51. The Kier molecular flexibility index (Phi) is 5.66. The maximum atomic E-state index is 11.9. The first-order chi connectivity index (χ1) is 10.9. The standard InChI is InChI=1S/C14H9BrIN3O4/c15-11-5-8(6-12(16)13(11)20)7-17-18-14(21)9-1-3-10(4-2-9)19(22)23/h1-7,20H,(H,18,21)/b17-7-. The van der Waals surface area contributed by atoms with Crippen LogP contribution in [-0.4, -0.2) is 22.2 Å². The van der Waals surface area contributed by atoms with Gasteiger partial charge in [0.15, 0.2) is 0 Å². The summed E-state index contributed by atoms with van der Waals surface area (Å²) < 4.78 is 1.16. The number of rotatable bonds is 4. The van der Waals surface area contributed by atoms with Crippen LogP contribution in [0.1, 0.15) is 15.9 Å². The fraction of sp³-hybridized carbons (Fsp3) is 0. The zero-order valence-electron chi connectivity index (χ0n) is 11.4. The molecule has 0 atom stereocenters. The second-order valence-corrected chi connectivity index (χ2v) is 6.35. The molecule has 0 aromatic heterocycles. The van der Waals surface area contributed by atoms with Gasteiger partial charge in [-0.15, -0.1) is 0 Å². The van der Waals surface area contributed by atoms with Gasteiger partial charge in [-0.3, -0.25) is 14.9 Å². The fourth-order valence-corrected chi connectivity index (χ4v) is 3.12. The molecule has 0 bridgehead atoms. The van der Waals surface area contributed by atoms with E-state index in [4.69, 9.17) is 0 Å². The summed E-state index contributed by atoms with van der Waals surface area (Å²) in [5.74, 6) is -0.346. The van der Waals surface area contributed by atoms with Gasteiger partial charge in [-0.05, 0) is 68.3 Å². The molecule has 0 radical (unpaired) electrons. The van der Waals surface area contributed by atoms with Gasteiger partial charge in [0.05, 0.1) is 19.2 Å². The van der Waals surface area contributed by atoms with E-state index in [1.165, 1.54) is 30.5 Å². The summed E-state index contributed by atoms with van der Waals surface area (Å²) in [6.07, 6.45) is 1.43. The molecule has 2 rings (SSSR count). The van der Waals surface area contributed by atoms with E-state index in [0.29, 0.717) is 13.6 Å². The number of nitro groups is 1. The first kappa shape index (κ1) is 17.3. The molecule has 2 aromatic carbocycles. The van der Waals surface area contributed by atoms with Crippen molar-refractivity contribution >= 4 is 56.3 Å². The van der Waals surface area contributed by atoms with Crippen molar-refractivity contribution in [3.8, 4) is 5.75 Å². The van der Waals surface area contributed by atoms with E-state index < -0.39 is 10.8 Å². The molecule has 9 heteroatoms. The van der Waals surface area contributed by atoms with Crippen molar-refractivity contribution in [2.45, 2.75) is 0 Å². The van der Waals surface area contributed by atoms with Crippen LogP contribution in [-0.2, 0) is 0 Å². The number of hydrogen-bond donors (Lipinski definition) is 2. The molecule has 0 heterocycles. The molecule has 0 saturated heterocycles. The number of nitrogens with zero attached hydrogens (tertiary/aromatic N) is 2. The summed E-state index contributed by atoms with van der Waals surface area (Å²) in [4.78, 5) is 21.9. The van der Waals surface area contributed by atoms with Crippen molar-refractivity contribution in [1.29, 1.82) is 0 Å². The molecule has 2 aromatic rings. The van der Waals surface area contributed by atoms with Crippen molar-refractivity contribution in [2.24, 2.45) is 5.10 Å². The third-order valence-corrected chi connectivity index (χ3v) is 4.19. The van der Waals surface area contributed by atoms with E-state index >= 15 is 0 Å². The monoisotopic (exact) mass is 489 g/mol. The number of benzene rings is 2.